The topological polar surface area (TPSA) is 84.2 Å². The van der Waals surface area contributed by atoms with Crippen molar-refractivity contribution >= 4 is 11.8 Å². The molecule has 112 valence electrons. The summed E-state index contributed by atoms with van der Waals surface area (Å²) in [6.45, 7) is 8.78. The normalized spacial score (nSPS) is 12.6. The molecule has 5 heteroatoms. The van der Waals surface area contributed by atoms with E-state index >= 15 is 0 Å². The van der Waals surface area contributed by atoms with Crippen LogP contribution in [0.4, 0.5) is 0 Å². The summed E-state index contributed by atoms with van der Waals surface area (Å²) >= 11 is 0. The van der Waals surface area contributed by atoms with E-state index in [0.717, 1.165) is 12.8 Å². The Morgan fingerprint density at radius 3 is 2.16 bits per heavy atom. The maximum absolute atomic E-state index is 11.6. The van der Waals surface area contributed by atoms with Gasteiger partial charge >= 0.3 is 0 Å². The highest BCUT2D eigenvalue weighted by molar-refractivity contribution is 5.84. The van der Waals surface area contributed by atoms with E-state index in [1.807, 2.05) is 13.8 Å². The van der Waals surface area contributed by atoms with Crippen molar-refractivity contribution in [1.29, 1.82) is 0 Å². The lowest BCUT2D eigenvalue weighted by Crippen LogP contribution is -2.39. The number of nitrogens with two attached hydrogens (primary N) is 1. The Morgan fingerprint density at radius 1 is 1.05 bits per heavy atom. The number of rotatable bonds is 9. The van der Waals surface area contributed by atoms with Crippen molar-refractivity contribution in [2.45, 2.75) is 53.0 Å². The molecule has 0 aromatic carbocycles. The molecule has 0 bridgehead atoms. The van der Waals surface area contributed by atoms with E-state index < -0.39 is 0 Å². The van der Waals surface area contributed by atoms with Gasteiger partial charge in [0.25, 0.3) is 0 Å². The SMILES string of the molecule is CC(C)NC(=O)CNC(=O)CCC(CCN)C(C)C. The van der Waals surface area contributed by atoms with Crippen LogP contribution in [0, 0.1) is 11.8 Å². The second kappa shape index (κ2) is 9.78. The third-order valence-electron chi connectivity index (χ3n) is 3.12. The molecule has 0 radical (unpaired) electrons. The van der Waals surface area contributed by atoms with Gasteiger partial charge in [0.2, 0.25) is 11.8 Å². The smallest absolute Gasteiger partial charge is 0.239 e. The first kappa shape index (κ1) is 17.9. The molecule has 0 aromatic heterocycles. The molecule has 0 saturated carbocycles. The van der Waals surface area contributed by atoms with Gasteiger partial charge in [-0.1, -0.05) is 13.8 Å². The zero-order chi connectivity index (χ0) is 14.8. The van der Waals surface area contributed by atoms with Crippen LogP contribution in [0.2, 0.25) is 0 Å². The van der Waals surface area contributed by atoms with E-state index in [4.69, 9.17) is 5.73 Å². The maximum Gasteiger partial charge on any atom is 0.239 e. The van der Waals surface area contributed by atoms with E-state index in [2.05, 4.69) is 24.5 Å². The maximum atomic E-state index is 11.6. The summed E-state index contributed by atoms with van der Waals surface area (Å²) in [5.41, 5.74) is 5.56. The van der Waals surface area contributed by atoms with E-state index in [1.165, 1.54) is 0 Å². The number of nitrogens with one attached hydrogen (secondary N) is 2. The number of hydrogen-bond acceptors (Lipinski definition) is 3. The molecular formula is C14H29N3O2. The first-order valence-corrected chi connectivity index (χ1v) is 7.13. The van der Waals surface area contributed by atoms with Crippen molar-refractivity contribution in [2.75, 3.05) is 13.1 Å². The summed E-state index contributed by atoms with van der Waals surface area (Å²) in [4.78, 5) is 23.0. The molecule has 0 heterocycles. The molecule has 0 aliphatic heterocycles. The van der Waals surface area contributed by atoms with Crippen molar-refractivity contribution in [1.82, 2.24) is 10.6 Å². The fourth-order valence-corrected chi connectivity index (χ4v) is 1.98. The summed E-state index contributed by atoms with van der Waals surface area (Å²) in [6.07, 6.45) is 2.23. The number of amides is 2. The quantitative estimate of drug-likeness (QED) is 0.585. The highest BCUT2D eigenvalue weighted by Crippen LogP contribution is 2.20. The molecule has 0 spiro atoms. The van der Waals surface area contributed by atoms with Crippen LogP contribution in [0.5, 0.6) is 0 Å². The van der Waals surface area contributed by atoms with Crippen LogP contribution in [0.3, 0.4) is 0 Å². The van der Waals surface area contributed by atoms with Gasteiger partial charge in [0.15, 0.2) is 0 Å². The Hall–Kier alpha value is -1.10. The van der Waals surface area contributed by atoms with Crippen LogP contribution in [-0.2, 0) is 9.59 Å². The zero-order valence-electron chi connectivity index (χ0n) is 12.7. The predicted molar refractivity (Wildman–Crippen MR) is 77.5 cm³/mol. The van der Waals surface area contributed by atoms with Gasteiger partial charge in [-0.05, 0) is 45.1 Å². The molecule has 0 aliphatic rings. The van der Waals surface area contributed by atoms with E-state index in [1.54, 1.807) is 0 Å². The molecule has 0 fully saturated rings. The first-order chi connectivity index (χ1) is 8.86. The van der Waals surface area contributed by atoms with Gasteiger partial charge in [-0.2, -0.15) is 0 Å². The van der Waals surface area contributed by atoms with Crippen LogP contribution in [0.15, 0.2) is 0 Å². The Kier molecular flexibility index (Phi) is 9.21. The minimum absolute atomic E-state index is 0.0558. The van der Waals surface area contributed by atoms with Crippen LogP contribution >= 0.6 is 0 Å². The highest BCUT2D eigenvalue weighted by atomic mass is 16.2. The lowest BCUT2D eigenvalue weighted by molar-refractivity contribution is -0.126. The molecule has 2 amide bonds. The second-order valence-corrected chi connectivity index (χ2v) is 5.62. The Morgan fingerprint density at radius 2 is 1.68 bits per heavy atom. The second-order valence-electron chi connectivity index (χ2n) is 5.62. The van der Waals surface area contributed by atoms with Crippen LogP contribution in [-0.4, -0.2) is 30.9 Å². The van der Waals surface area contributed by atoms with Crippen molar-refractivity contribution < 1.29 is 9.59 Å². The van der Waals surface area contributed by atoms with Gasteiger partial charge in [0.05, 0.1) is 6.54 Å². The molecule has 0 saturated heterocycles. The lowest BCUT2D eigenvalue weighted by Gasteiger charge is -2.19. The summed E-state index contributed by atoms with van der Waals surface area (Å²) in [5.74, 6) is 0.785. The molecule has 1 atom stereocenters. The van der Waals surface area contributed by atoms with Gasteiger partial charge < -0.3 is 16.4 Å². The molecular weight excluding hydrogens is 242 g/mol. The zero-order valence-corrected chi connectivity index (χ0v) is 12.7. The van der Waals surface area contributed by atoms with Gasteiger partial charge in [0.1, 0.15) is 0 Å². The summed E-state index contributed by atoms with van der Waals surface area (Å²) in [7, 11) is 0. The number of hydrogen-bond donors (Lipinski definition) is 3. The van der Waals surface area contributed by atoms with Crippen molar-refractivity contribution in [2.24, 2.45) is 17.6 Å². The first-order valence-electron chi connectivity index (χ1n) is 7.13. The van der Waals surface area contributed by atoms with Crippen molar-refractivity contribution in [3.8, 4) is 0 Å². The van der Waals surface area contributed by atoms with Crippen molar-refractivity contribution in [3.63, 3.8) is 0 Å². The van der Waals surface area contributed by atoms with E-state index in [-0.39, 0.29) is 24.4 Å². The number of carbonyl (C=O) groups is 2. The molecule has 0 rings (SSSR count). The molecule has 19 heavy (non-hydrogen) atoms. The van der Waals surface area contributed by atoms with Gasteiger partial charge in [0, 0.05) is 12.5 Å². The van der Waals surface area contributed by atoms with Gasteiger partial charge in [-0.3, -0.25) is 9.59 Å². The highest BCUT2D eigenvalue weighted by Gasteiger charge is 2.14. The molecule has 0 aliphatic carbocycles. The predicted octanol–water partition coefficient (Wildman–Crippen LogP) is 1.03. The summed E-state index contributed by atoms with van der Waals surface area (Å²) < 4.78 is 0. The minimum Gasteiger partial charge on any atom is -0.352 e. The van der Waals surface area contributed by atoms with Crippen LogP contribution in [0.1, 0.15) is 47.0 Å². The monoisotopic (exact) mass is 271 g/mol. The molecule has 5 nitrogen and oxygen atoms in total. The van der Waals surface area contributed by atoms with Gasteiger partial charge in [-0.15, -0.1) is 0 Å². The largest absolute Gasteiger partial charge is 0.352 e. The van der Waals surface area contributed by atoms with Crippen molar-refractivity contribution in [3.05, 3.63) is 0 Å². The molecule has 0 aromatic rings. The Balaban J connectivity index is 3.88. The fraction of sp³-hybridized carbons (Fsp3) is 0.857. The average molecular weight is 271 g/mol. The fourth-order valence-electron chi connectivity index (χ4n) is 1.98. The van der Waals surface area contributed by atoms with E-state index in [0.29, 0.717) is 24.8 Å². The third kappa shape index (κ3) is 9.47. The molecule has 1 unspecified atom stereocenters. The minimum atomic E-state index is -0.147. The summed E-state index contributed by atoms with van der Waals surface area (Å²) in [5, 5.41) is 5.37. The van der Waals surface area contributed by atoms with Gasteiger partial charge in [-0.25, -0.2) is 0 Å². The van der Waals surface area contributed by atoms with Crippen LogP contribution in [0.25, 0.3) is 0 Å². The Labute approximate surface area is 116 Å². The average Bonchev–Trinajstić information content (AvgIpc) is 2.30. The standard InChI is InChI=1S/C14H29N3O2/c1-10(2)12(7-8-15)5-6-13(18)16-9-14(19)17-11(3)4/h10-12H,5-9,15H2,1-4H3,(H,16,18)(H,17,19). The van der Waals surface area contributed by atoms with Crippen LogP contribution < -0.4 is 16.4 Å². The Bertz CT molecular complexity index is 278. The lowest BCUT2D eigenvalue weighted by atomic mass is 9.88. The van der Waals surface area contributed by atoms with E-state index in [9.17, 15) is 9.59 Å². The third-order valence-corrected chi connectivity index (χ3v) is 3.12. The molecule has 4 N–H and O–H groups in total. The number of carbonyl (C=O) groups excluding carboxylic acids is 2. The summed E-state index contributed by atoms with van der Waals surface area (Å²) in [6, 6.07) is 0.0966.